The number of rotatable bonds is 13. The molecule has 0 radical (unpaired) electrons. The van der Waals surface area contributed by atoms with Gasteiger partial charge in [-0.05, 0) is 97.5 Å². The summed E-state index contributed by atoms with van der Waals surface area (Å²) in [4.78, 5) is 0. The molecule has 3 N–H and O–H groups in total. The second-order valence-corrected chi connectivity index (χ2v) is 14.3. The molecule has 4 aromatic carbocycles. The molecule has 0 aromatic heterocycles. The number of epoxide rings is 1. The van der Waals surface area contributed by atoms with Crippen LogP contribution in [0, 0.1) is 5.92 Å². The molecule has 0 spiro atoms. The third kappa shape index (κ3) is 14.5. The Bertz CT molecular complexity index is 1520. The highest BCUT2D eigenvalue weighted by atomic mass is 16.6. The van der Waals surface area contributed by atoms with Crippen molar-refractivity contribution in [3.63, 3.8) is 0 Å². The van der Waals surface area contributed by atoms with Crippen molar-refractivity contribution < 1.29 is 34.3 Å². The molecule has 0 amide bonds. The maximum atomic E-state index is 9.80. The summed E-state index contributed by atoms with van der Waals surface area (Å²) in [6.45, 7) is 25.2. The molecule has 2 atom stereocenters. The minimum absolute atomic E-state index is 0.119. The Labute approximate surface area is 313 Å². The van der Waals surface area contributed by atoms with Gasteiger partial charge in [0.1, 0.15) is 42.3 Å². The minimum Gasteiger partial charge on any atom is -0.508 e. The Morgan fingerprint density at radius 2 is 0.981 bits per heavy atom. The summed E-state index contributed by atoms with van der Waals surface area (Å²) >= 11 is 0. The van der Waals surface area contributed by atoms with E-state index in [0.717, 1.165) is 30.3 Å². The number of phenols is 2. The second-order valence-electron chi connectivity index (χ2n) is 14.3. The van der Waals surface area contributed by atoms with Gasteiger partial charge in [0.2, 0.25) is 0 Å². The summed E-state index contributed by atoms with van der Waals surface area (Å²) in [6.07, 6.45) is 0.219. The third-order valence-electron chi connectivity index (χ3n) is 8.86. The van der Waals surface area contributed by atoms with Gasteiger partial charge in [0.05, 0.1) is 18.8 Å². The molecule has 1 aliphatic rings. The van der Waals surface area contributed by atoms with E-state index in [1.807, 2.05) is 109 Å². The van der Waals surface area contributed by atoms with E-state index in [0.29, 0.717) is 25.1 Å². The number of ether oxygens (including phenoxy) is 4. The molecule has 7 nitrogen and oxygen atoms in total. The number of aliphatic hydroxyl groups is 1. The molecule has 5 rings (SSSR count). The molecule has 52 heavy (non-hydrogen) atoms. The van der Waals surface area contributed by atoms with Crippen LogP contribution >= 0.6 is 0 Å². The summed E-state index contributed by atoms with van der Waals surface area (Å²) in [6, 6.07) is 30.8. The molecule has 4 aromatic rings. The van der Waals surface area contributed by atoms with Crippen molar-refractivity contribution >= 4 is 0 Å². The predicted octanol–water partition coefficient (Wildman–Crippen LogP) is 10.1. The summed E-state index contributed by atoms with van der Waals surface area (Å²) in [5, 5.41) is 28.6. The standard InChI is InChI=1S/C20H26O3.C18H20O3.C5H12O.C2H6/c1-14(2)19(22)13-23-18-11-7-16(8-12-18)20(3,4)15-5-9-17(21)10-6-15;1-18(2,13-3-7-15(19)8-4-13)14-5-9-16(10-6-14)20-11-17-12-21-17;1-4-6-5(2)3;1-2/h5-12,14,19,21-22H,13H2,1-4H3;3-10,17,19H,11-12H2,1-2H3;5H,4H2,1-3H3;1-2H3. The van der Waals surface area contributed by atoms with Crippen molar-refractivity contribution in [1.29, 1.82) is 0 Å². The smallest absolute Gasteiger partial charge is 0.119 e. The van der Waals surface area contributed by atoms with Gasteiger partial charge >= 0.3 is 0 Å². The minimum atomic E-state index is -0.455. The Balaban J connectivity index is 0.000000300. The normalized spacial score (nSPS) is 14.2. The SMILES string of the molecule is CC.CC(C)(c1ccc(O)cc1)c1ccc(OCC2CO2)cc1.CC(C)C(O)COc1ccc(C(C)(C)c2ccc(O)cc2)cc1.CCOC(C)C. The van der Waals surface area contributed by atoms with E-state index >= 15 is 0 Å². The zero-order chi connectivity index (χ0) is 38.9. The molecule has 1 aliphatic heterocycles. The van der Waals surface area contributed by atoms with Crippen LogP contribution in [0.2, 0.25) is 0 Å². The molecule has 1 heterocycles. The lowest BCUT2D eigenvalue weighted by molar-refractivity contribution is 0.0701. The fourth-order valence-corrected chi connectivity index (χ4v) is 5.09. The van der Waals surface area contributed by atoms with Crippen LogP contribution in [0.15, 0.2) is 97.1 Å². The Kier molecular flexibility index (Phi) is 18.2. The Morgan fingerprint density at radius 3 is 1.27 bits per heavy atom. The fourth-order valence-electron chi connectivity index (χ4n) is 5.09. The van der Waals surface area contributed by atoms with Gasteiger partial charge in [-0.2, -0.15) is 0 Å². The van der Waals surface area contributed by atoms with E-state index in [-0.39, 0.29) is 28.6 Å². The number of aliphatic hydroxyl groups excluding tert-OH is 1. The summed E-state index contributed by atoms with van der Waals surface area (Å²) in [7, 11) is 0. The van der Waals surface area contributed by atoms with E-state index in [1.54, 1.807) is 24.3 Å². The maximum absolute atomic E-state index is 9.80. The number of phenolic OH excluding ortho intramolecular Hbond substituents is 2. The lowest BCUT2D eigenvalue weighted by Gasteiger charge is -2.26. The molecule has 0 saturated carbocycles. The average Bonchev–Trinajstić information content (AvgIpc) is 3.97. The van der Waals surface area contributed by atoms with Crippen LogP contribution in [0.5, 0.6) is 23.0 Å². The van der Waals surface area contributed by atoms with Crippen LogP contribution in [0.1, 0.15) is 98.4 Å². The van der Waals surface area contributed by atoms with E-state index < -0.39 is 6.10 Å². The largest absolute Gasteiger partial charge is 0.508 e. The van der Waals surface area contributed by atoms with Gasteiger partial charge in [0.15, 0.2) is 0 Å². The zero-order valence-corrected chi connectivity index (χ0v) is 33.4. The van der Waals surface area contributed by atoms with Gasteiger partial charge in [-0.3, -0.25) is 0 Å². The zero-order valence-electron chi connectivity index (χ0n) is 33.4. The predicted molar refractivity (Wildman–Crippen MR) is 213 cm³/mol. The quantitative estimate of drug-likeness (QED) is 0.118. The van der Waals surface area contributed by atoms with E-state index in [4.69, 9.17) is 18.9 Å². The lowest BCUT2D eigenvalue weighted by Crippen LogP contribution is -2.23. The van der Waals surface area contributed by atoms with Crippen LogP contribution in [0.25, 0.3) is 0 Å². The first-order valence-corrected chi connectivity index (χ1v) is 18.6. The van der Waals surface area contributed by atoms with E-state index in [1.165, 1.54) is 16.7 Å². The Morgan fingerprint density at radius 1 is 0.635 bits per heavy atom. The number of hydrogen-bond donors (Lipinski definition) is 3. The highest BCUT2D eigenvalue weighted by Crippen LogP contribution is 2.34. The molecule has 7 heteroatoms. The van der Waals surface area contributed by atoms with Gasteiger partial charge in [0.25, 0.3) is 0 Å². The van der Waals surface area contributed by atoms with Crippen molar-refractivity contribution in [2.24, 2.45) is 5.92 Å². The highest BCUT2D eigenvalue weighted by Gasteiger charge is 2.25. The van der Waals surface area contributed by atoms with Crippen molar-refractivity contribution in [3.05, 3.63) is 119 Å². The monoisotopic (exact) mass is 716 g/mol. The molecular formula is C45H64O7. The summed E-state index contributed by atoms with van der Waals surface area (Å²) in [5.74, 6) is 2.38. The molecule has 1 fully saturated rings. The number of hydrogen-bond acceptors (Lipinski definition) is 7. The number of benzene rings is 4. The van der Waals surface area contributed by atoms with Crippen LogP contribution in [-0.2, 0) is 20.3 Å². The van der Waals surface area contributed by atoms with Gasteiger partial charge in [-0.25, -0.2) is 0 Å². The molecular weight excluding hydrogens is 652 g/mol. The van der Waals surface area contributed by atoms with Crippen molar-refractivity contribution in [2.45, 2.75) is 105 Å². The van der Waals surface area contributed by atoms with Gasteiger partial charge < -0.3 is 34.3 Å². The maximum Gasteiger partial charge on any atom is 0.119 e. The topological polar surface area (TPSA) is 101 Å². The average molecular weight is 717 g/mol. The lowest BCUT2D eigenvalue weighted by atomic mass is 9.78. The number of aromatic hydroxyl groups is 2. The molecule has 1 saturated heterocycles. The van der Waals surface area contributed by atoms with Gasteiger partial charge in [-0.1, -0.05) is 104 Å². The van der Waals surface area contributed by atoms with Crippen LogP contribution in [-0.4, -0.2) is 60.1 Å². The Hall–Kier alpha value is -4.04. The van der Waals surface area contributed by atoms with E-state index in [2.05, 4.69) is 39.8 Å². The van der Waals surface area contributed by atoms with Crippen LogP contribution < -0.4 is 9.47 Å². The molecule has 2 unspecified atom stereocenters. The van der Waals surface area contributed by atoms with Crippen molar-refractivity contribution in [2.75, 3.05) is 26.4 Å². The summed E-state index contributed by atoms with van der Waals surface area (Å²) in [5.41, 5.74) is 4.40. The van der Waals surface area contributed by atoms with Crippen LogP contribution in [0.4, 0.5) is 0 Å². The molecule has 286 valence electrons. The van der Waals surface area contributed by atoms with Gasteiger partial charge in [-0.15, -0.1) is 0 Å². The van der Waals surface area contributed by atoms with Gasteiger partial charge in [0, 0.05) is 17.4 Å². The molecule has 0 aliphatic carbocycles. The summed E-state index contributed by atoms with van der Waals surface area (Å²) < 4.78 is 21.5. The first-order chi connectivity index (χ1) is 24.6. The first-order valence-electron chi connectivity index (χ1n) is 18.6. The highest BCUT2D eigenvalue weighted by molar-refractivity contribution is 5.43. The third-order valence-corrected chi connectivity index (χ3v) is 8.86. The van der Waals surface area contributed by atoms with E-state index in [9.17, 15) is 15.3 Å². The van der Waals surface area contributed by atoms with Crippen molar-refractivity contribution in [3.8, 4) is 23.0 Å². The second kappa shape index (κ2) is 21.5. The van der Waals surface area contributed by atoms with Crippen LogP contribution in [0.3, 0.4) is 0 Å². The fraction of sp³-hybridized carbons (Fsp3) is 0.467. The van der Waals surface area contributed by atoms with Crippen molar-refractivity contribution in [1.82, 2.24) is 0 Å². The molecule has 0 bridgehead atoms. The first kappa shape index (κ1) is 44.1.